The molecule has 2 amide bonds. The third-order valence-electron chi connectivity index (χ3n) is 3.96. The summed E-state index contributed by atoms with van der Waals surface area (Å²) < 4.78 is 4.90. The molecule has 0 bridgehead atoms. The lowest BCUT2D eigenvalue weighted by Gasteiger charge is -2.09. The lowest BCUT2D eigenvalue weighted by molar-refractivity contribution is -0.384. The minimum Gasteiger partial charge on any atom is -0.456 e. The van der Waals surface area contributed by atoms with Gasteiger partial charge in [-0.15, -0.1) is 0 Å². The summed E-state index contributed by atoms with van der Waals surface area (Å²) >= 11 is 5.88. The second-order valence-electron chi connectivity index (χ2n) is 6.38. The number of nitrogens with one attached hydrogen (secondary N) is 2. The number of nitrogens with zero attached hydrogens (tertiary/aromatic N) is 1. The van der Waals surface area contributed by atoms with Crippen molar-refractivity contribution >= 4 is 46.4 Å². The van der Waals surface area contributed by atoms with Crippen molar-refractivity contribution in [2.75, 3.05) is 17.2 Å². The Morgan fingerprint density at radius 1 is 1.07 bits per heavy atom. The summed E-state index contributed by atoms with van der Waals surface area (Å²) in [6.45, 7) is 1.35. The number of hydrogen-bond acceptors (Lipinski definition) is 6. The molecule has 0 saturated heterocycles. The van der Waals surface area contributed by atoms with Crippen LogP contribution in [0.5, 0.6) is 0 Å². The largest absolute Gasteiger partial charge is 0.456 e. The van der Waals surface area contributed by atoms with Crippen molar-refractivity contribution in [3.05, 3.63) is 63.2 Å². The summed E-state index contributed by atoms with van der Waals surface area (Å²) in [5.41, 5.74) is 1.50. The normalized spacial score (nSPS) is 10.2. The standard InChI is InChI=1S/C20H20ClN3O6/c1-13-8-9-14(21)10-17(13)23-19(26)12-30-20(27)7-3-6-18(25)22-15-4-2-5-16(11-15)24(28)29/h2,4-5,8-11H,3,6-7,12H2,1H3,(H,22,25)(H,23,26). The van der Waals surface area contributed by atoms with Gasteiger partial charge in [-0.2, -0.15) is 0 Å². The van der Waals surface area contributed by atoms with Crippen LogP contribution in [0.1, 0.15) is 24.8 Å². The molecule has 2 rings (SSSR count). The fraction of sp³-hybridized carbons (Fsp3) is 0.250. The van der Waals surface area contributed by atoms with Crippen LogP contribution in [0, 0.1) is 17.0 Å². The Morgan fingerprint density at radius 3 is 2.57 bits per heavy atom. The first-order valence-corrected chi connectivity index (χ1v) is 9.38. The summed E-state index contributed by atoms with van der Waals surface area (Å²) in [6, 6.07) is 10.6. The maximum absolute atomic E-state index is 11.9. The Balaban J connectivity index is 1.68. The second kappa shape index (κ2) is 10.9. The lowest BCUT2D eigenvalue weighted by atomic mass is 10.2. The fourth-order valence-electron chi connectivity index (χ4n) is 2.45. The molecular formula is C20H20ClN3O6. The Labute approximate surface area is 177 Å². The minimum atomic E-state index is -0.615. The molecule has 0 atom stereocenters. The van der Waals surface area contributed by atoms with Crippen molar-refractivity contribution in [3.63, 3.8) is 0 Å². The number of nitro groups is 1. The number of hydrogen-bond donors (Lipinski definition) is 2. The maximum atomic E-state index is 11.9. The summed E-state index contributed by atoms with van der Waals surface area (Å²) in [5.74, 6) is -1.51. The zero-order chi connectivity index (χ0) is 22.1. The van der Waals surface area contributed by atoms with E-state index in [0.29, 0.717) is 16.4 Å². The van der Waals surface area contributed by atoms with Crippen LogP contribution in [0.15, 0.2) is 42.5 Å². The number of ether oxygens (including phenoxy) is 1. The van der Waals surface area contributed by atoms with Crippen LogP contribution in [0.4, 0.5) is 17.1 Å². The van der Waals surface area contributed by atoms with Crippen LogP contribution in [-0.4, -0.2) is 29.3 Å². The van der Waals surface area contributed by atoms with Crippen molar-refractivity contribution in [1.82, 2.24) is 0 Å². The molecule has 10 heteroatoms. The van der Waals surface area contributed by atoms with E-state index >= 15 is 0 Å². The fourth-order valence-corrected chi connectivity index (χ4v) is 2.62. The Morgan fingerprint density at radius 2 is 1.83 bits per heavy atom. The van der Waals surface area contributed by atoms with Gasteiger partial charge in [0.1, 0.15) is 0 Å². The number of aryl methyl sites for hydroxylation is 1. The van der Waals surface area contributed by atoms with E-state index in [0.717, 1.165) is 5.56 Å². The molecule has 0 aliphatic carbocycles. The van der Waals surface area contributed by atoms with Gasteiger partial charge in [-0.05, 0) is 37.1 Å². The van der Waals surface area contributed by atoms with Crippen molar-refractivity contribution < 1.29 is 24.0 Å². The molecule has 0 unspecified atom stereocenters. The van der Waals surface area contributed by atoms with Crippen LogP contribution >= 0.6 is 11.6 Å². The number of benzene rings is 2. The van der Waals surface area contributed by atoms with E-state index in [1.807, 2.05) is 0 Å². The Kier molecular flexibility index (Phi) is 8.30. The van der Waals surface area contributed by atoms with E-state index in [-0.39, 0.29) is 24.9 Å². The molecule has 158 valence electrons. The number of nitro benzene ring substituents is 1. The molecule has 0 aliphatic rings. The summed E-state index contributed by atoms with van der Waals surface area (Å²) in [6.07, 6.45) is 0.173. The molecule has 0 spiro atoms. The molecule has 0 saturated carbocycles. The SMILES string of the molecule is Cc1ccc(Cl)cc1NC(=O)COC(=O)CCCC(=O)Nc1cccc([N+](=O)[O-])c1. The van der Waals surface area contributed by atoms with Crippen LogP contribution in [0.3, 0.4) is 0 Å². The van der Waals surface area contributed by atoms with Crippen LogP contribution in [0.25, 0.3) is 0 Å². The van der Waals surface area contributed by atoms with Crippen LogP contribution in [-0.2, 0) is 19.1 Å². The van der Waals surface area contributed by atoms with E-state index < -0.39 is 29.3 Å². The van der Waals surface area contributed by atoms with Gasteiger partial charge < -0.3 is 15.4 Å². The first kappa shape index (κ1) is 22.8. The molecule has 30 heavy (non-hydrogen) atoms. The first-order valence-electron chi connectivity index (χ1n) is 9.00. The highest BCUT2D eigenvalue weighted by Gasteiger charge is 2.12. The zero-order valence-electron chi connectivity index (χ0n) is 16.1. The van der Waals surface area contributed by atoms with Gasteiger partial charge in [0.05, 0.1) is 4.92 Å². The van der Waals surface area contributed by atoms with Gasteiger partial charge >= 0.3 is 5.97 Å². The Bertz CT molecular complexity index is 963. The molecule has 2 aromatic rings. The average Bonchev–Trinajstić information content (AvgIpc) is 2.69. The quantitative estimate of drug-likeness (QED) is 0.351. The molecule has 0 radical (unpaired) electrons. The van der Waals surface area contributed by atoms with E-state index in [4.69, 9.17) is 16.3 Å². The van der Waals surface area contributed by atoms with Crippen molar-refractivity contribution in [2.24, 2.45) is 0 Å². The predicted octanol–water partition coefficient (Wildman–Crippen LogP) is 3.85. The predicted molar refractivity (Wildman–Crippen MR) is 111 cm³/mol. The number of non-ortho nitro benzene ring substituents is 1. The van der Waals surface area contributed by atoms with Gasteiger partial charge in [0.15, 0.2) is 6.61 Å². The third-order valence-corrected chi connectivity index (χ3v) is 4.20. The maximum Gasteiger partial charge on any atom is 0.306 e. The van der Waals surface area contributed by atoms with Crippen LogP contribution in [0.2, 0.25) is 5.02 Å². The molecule has 0 aliphatic heterocycles. The third kappa shape index (κ3) is 7.51. The van der Waals surface area contributed by atoms with E-state index in [2.05, 4.69) is 10.6 Å². The van der Waals surface area contributed by atoms with E-state index in [1.54, 1.807) is 25.1 Å². The van der Waals surface area contributed by atoms with Crippen LogP contribution < -0.4 is 10.6 Å². The smallest absolute Gasteiger partial charge is 0.306 e. The molecule has 0 aromatic heterocycles. The molecule has 0 fully saturated rings. The number of rotatable bonds is 9. The van der Waals surface area contributed by atoms with Crippen molar-refractivity contribution in [2.45, 2.75) is 26.2 Å². The highest BCUT2D eigenvalue weighted by atomic mass is 35.5. The van der Waals surface area contributed by atoms with Crippen molar-refractivity contribution in [1.29, 1.82) is 0 Å². The number of carbonyl (C=O) groups excluding carboxylic acids is 3. The van der Waals surface area contributed by atoms with Gasteiger partial charge in [0, 0.05) is 41.4 Å². The van der Waals surface area contributed by atoms with E-state index in [9.17, 15) is 24.5 Å². The van der Waals surface area contributed by atoms with Gasteiger partial charge in [0.2, 0.25) is 5.91 Å². The zero-order valence-corrected chi connectivity index (χ0v) is 16.9. The van der Waals surface area contributed by atoms with Crippen molar-refractivity contribution in [3.8, 4) is 0 Å². The molecule has 2 N–H and O–H groups in total. The molecule has 9 nitrogen and oxygen atoms in total. The summed E-state index contributed by atoms with van der Waals surface area (Å²) in [4.78, 5) is 45.7. The monoisotopic (exact) mass is 433 g/mol. The first-order chi connectivity index (χ1) is 14.2. The number of halogens is 1. The molecular weight excluding hydrogens is 414 g/mol. The number of carbonyl (C=O) groups is 3. The highest BCUT2D eigenvalue weighted by molar-refractivity contribution is 6.31. The van der Waals surface area contributed by atoms with Gasteiger partial charge in [0.25, 0.3) is 11.6 Å². The number of anilines is 2. The summed E-state index contributed by atoms with van der Waals surface area (Å²) in [7, 11) is 0. The lowest BCUT2D eigenvalue weighted by Crippen LogP contribution is -2.21. The topological polar surface area (TPSA) is 128 Å². The molecule has 2 aromatic carbocycles. The van der Waals surface area contributed by atoms with Gasteiger partial charge in [-0.1, -0.05) is 23.7 Å². The van der Waals surface area contributed by atoms with Gasteiger partial charge in [-0.25, -0.2) is 0 Å². The number of amides is 2. The number of esters is 1. The Hall–Kier alpha value is -3.46. The molecule has 0 heterocycles. The summed E-state index contributed by atoms with van der Waals surface area (Å²) in [5, 5.41) is 16.3. The highest BCUT2D eigenvalue weighted by Crippen LogP contribution is 2.20. The van der Waals surface area contributed by atoms with Gasteiger partial charge in [-0.3, -0.25) is 24.5 Å². The van der Waals surface area contributed by atoms with E-state index in [1.165, 1.54) is 24.3 Å². The average molecular weight is 434 g/mol. The minimum absolute atomic E-state index is 0.0195. The second-order valence-corrected chi connectivity index (χ2v) is 6.81.